The van der Waals surface area contributed by atoms with Crippen LogP contribution in [-0.4, -0.2) is 49.1 Å². The number of carbonyl (C=O) groups is 1. The first-order chi connectivity index (χ1) is 12.1. The number of nitrogens with zero attached hydrogens (tertiary/aromatic N) is 1. The molecule has 0 bridgehead atoms. The van der Waals surface area contributed by atoms with E-state index in [4.69, 9.17) is 12.2 Å². The summed E-state index contributed by atoms with van der Waals surface area (Å²) in [6.07, 6.45) is 0. The van der Waals surface area contributed by atoms with Crippen LogP contribution in [0.3, 0.4) is 0 Å². The Morgan fingerprint density at radius 1 is 1.00 bits per heavy atom. The van der Waals surface area contributed by atoms with E-state index in [2.05, 4.69) is 17.3 Å². The summed E-state index contributed by atoms with van der Waals surface area (Å²) >= 11 is 5.49. The topological polar surface area (TPSA) is 36.8 Å². The lowest BCUT2D eigenvalue weighted by atomic mass is 9.90. The second kappa shape index (κ2) is 8.23. The minimum atomic E-state index is -0.363. The van der Waals surface area contributed by atoms with E-state index in [0.717, 1.165) is 37.3 Å². The average molecular weight is 354 g/mol. The number of amides is 1. The summed E-state index contributed by atoms with van der Waals surface area (Å²) < 4.78 is 0. The van der Waals surface area contributed by atoms with Crippen LogP contribution in [-0.2, 0) is 4.79 Å². The van der Waals surface area contributed by atoms with Crippen LogP contribution in [0.2, 0.25) is 0 Å². The van der Waals surface area contributed by atoms with Crippen LogP contribution in [0.5, 0.6) is 0 Å². The van der Waals surface area contributed by atoms with Gasteiger partial charge in [-0.15, -0.1) is 0 Å². The van der Waals surface area contributed by atoms with Crippen LogP contribution in [0.15, 0.2) is 60.7 Å². The zero-order chi connectivity index (χ0) is 17.6. The van der Waals surface area contributed by atoms with Gasteiger partial charge in [0, 0.05) is 0 Å². The summed E-state index contributed by atoms with van der Waals surface area (Å²) in [5.74, 6) is -0.438. The van der Waals surface area contributed by atoms with Gasteiger partial charge in [-0.25, -0.2) is 0 Å². The molecule has 0 radical (unpaired) electrons. The van der Waals surface area contributed by atoms with Gasteiger partial charge in [0.05, 0.1) is 39.1 Å². The standard InChI is InChI=1S/C20H23N3OS/c1-22-12-14-23(15-13-22)20(25)21-19(24)18(16-8-4-2-5-9-16)17-10-6-3-7-11-17/h2-11,18H,12-15H2,1H3,(H,21,24,25)/p+1. The van der Waals surface area contributed by atoms with Crippen molar-refractivity contribution >= 4 is 23.2 Å². The number of likely N-dealkylation sites (N-methyl/N-ethyl adjacent to an activating group) is 1. The number of rotatable bonds is 3. The fourth-order valence-corrected chi connectivity index (χ4v) is 3.42. The van der Waals surface area contributed by atoms with E-state index in [1.54, 1.807) is 0 Å². The Hall–Kier alpha value is -2.24. The van der Waals surface area contributed by atoms with E-state index < -0.39 is 0 Å². The molecule has 1 amide bonds. The molecule has 130 valence electrons. The highest BCUT2D eigenvalue weighted by molar-refractivity contribution is 7.80. The molecule has 2 aromatic rings. The lowest BCUT2D eigenvalue weighted by Crippen LogP contribution is -3.12. The quantitative estimate of drug-likeness (QED) is 0.809. The highest BCUT2D eigenvalue weighted by Crippen LogP contribution is 2.24. The van der Waals surface area contributed by atoms with Crippen molar-refractivity contribution < 1.29 is 9.69 Å². The maximum absolute atomic E-state index is 13.0. The van der Waals surface area contributed by atoms with Crippen molar-refractivity contribution in [1.29, 1.82) is 0 Å². The van der Waals surface area contributed by atoms with E-state index >= 15 is 0 Å². The maximum atomic E-state index is 13.0. The first kappa shape index (κ1) is 17.6. The molecule has 1 aliphatic heterocycles. The van der Waals surface area contributed by atoms with E-state index in [1.165, 1.54) is 4.90 Å². The van der Waals surface area contributed by atoms with Crippen molar-refractivity contribution in [2.75, 3.05) is 33.2 Å². The third-order valence-corrected chi connectivity index (χ3v) is 5.02. The minimum absolute atomic E-state index is 0.0753. The summed E-state index contributed by atoms with van der Waals surface area (Å²) in [7, 11) is 2.18. The molecular formula is C20H24N3OS+. The molecular weight excluding hydrogens is 330 g/mol. The number of piperazine rings is 1. The molecule has 0 unspecified atom stereocenters. The number of carbonyl (C=O) groups excluding carboxylic acids is 1. The van der Waals surface area contributed by atoms with Gasteiger partial charge in [-0.3, -0.25) is 4.79 Å². The van der Waals surface area contributed by atoms with E-state index in [-0.39, 0.29) is 11.8 Å². The third-order valence-electron chi connectivity index (χ3n) is 4.66. The molecule has 0 aromatic heterocycles. The summed E-state index contributed by atoms with van der Waals surface area (Å²) in [5, 5.41) is 3.51. The molecule has 2 aromatic carbocycles. The molecule has 3 rings (SSSR count). The number of hydrogen-bond acceptors (Lipinski definition) is 2. The number of nitrogens with one attached hydrogen (secondary N) is 2. The van der Waals surface area contributed by atoms with Crippen molar-refractivity contribution in [3.8, 4) is 0 Å². The monoisotopic (exact) mass is 354 g/mol. The Kier molecular flexibility index (Phi) is 5.79. The van der Waals surface area contributed by atoms with Gasteiger partial charge in [0.1, 0.15) is 0 Å². The van der Waals surface area contributed by atoms with E-state index in [0.29, 0.717) is 5.11 Å². The van der Waals surface area contributed by atoms with Gasteiger partial charge < -0.3 is 15.1 Å². The van der Waals surface area contributed by atoms with Gasteiger partial charge >= 0.3 is 0 Å². The van der Waals surface area contributed by atoms with Crippen molar-refractivity contribution in [2.24, 2.45) is 0 Å². The zero-order valence-electron chi connectivity index (χ0n) is 14.4. The van der Waals surface area contributed by atoms with Gasteiger partial charge in [0.15, 0.2) is 5.11 Å². The third kappa shape index (κ3) is 4.44. The summed E-state index contributed by atoms with van der Waals surface area (Å²) in [4.78, 5) is 16.6. The smallest absolute Gasteiger partial charge is 0.238 e. The Morgan fingerprint density at radius 3 is 1.96 bits per heavy atom. The van der Waals surface area contributed by atoms with Gasteiger partial charge in [0.25, 0.3) is 0 Å². The molecule has 1 fully saturated rings. The lowest BCUT2D eigenvalue weighted by molar-refractivity contribution is -0.883. The van der Waals surface area contributed by atoms with Gasteiger partial charge in [-0.2, -0.15) is 0 Å². The molecule has 0 aliphatic carbocycles. The van der Waals surface area contributed by atoms with Crippen molar-refractivity contribution in [3.63, 3.8) is 0 Å². The Labute approximate surface area is 154 Å². The first-order valence-corrected chi connectivity index (χ1v) is 9.07. The second-order valence-corrected chi connectivity index (χ2v) is 6.88. The second-order valence-electron chi connectivity index (χ2n) is 6.49. The largest absolute Gasteiger partial charge is 0.338 e. The summed E-state index contributed by atoms with van der Waals surface area (Å²) in [6.45, 7) is 3.84. The molecule has 1 heterocycles. The van der Waals surface area contributed by atoms with Gasteiger partial charge in [-0.05, 0) is 23.3 Å². The van der Waals surface area contributed by atoms with Crippen LogP contribution >= 0.6 is 12.2 Å². The number of thiocarbonyl (C=S) groups is 1. The van der Waals surface area contributed by atoms with Crippen LogP contribution < -0.4 is 10.2 Å². The van der Waals surface area contributed by atoms with E-state index in [9.17, 15) is 4.79 Å². The van der Waals surface area contributed by atoms with Crippen LogP contribution in [0.1, 0.15) is 17.0 Å². The molecule has 4 nitrogen and oxygen atoms in total. The van der Waals surface area contributed by atoms with Crippen molar-refractivity contribution in [2.45, 2.75) is 5.92 Å². The summed E-state index contributed by atoms with van der Waals surface area (Å²) in [5.41, 5.74) is 1.94. The first-order valence-electron chi connectivity index (χ1n) is 8.66. The number of benzene rings is 2. The van der Waals surface area contributed by atoms with E-state index in [1.807, 2.05) is 60.7 Å². The zero-order valence-corrected chi connectivity index (χ0v) is 15.3. The Bertz CT molecular complexity index is 673. The highest BCUT2D eigenvalue weighted by atomic mass is 32.1. The van der Waals surface area contributed by atoms with Gasteiger partial charge in [-0.1, -0.05) is 60.7 Å². The molecule has 1 aliphatic rings. The van der Waals surface area contributed by atoms with Crippen molar-refractivity contribution in [3.05, 3.63) is 71.8 Å². The fraction of sp³-hybridized carbons (Fsp3) is 0.300. The lowest BCUT2D eigenvalue weighted by Gasteiger charge is -2.32. The predicted octanol–water partition coefficient (Wildman–Crippen LogP) is 1.05. The fourth-order valence-electron chi connectivity index (χ4n) is 3.13. The molecule has 0 atom stereocenters. The molecule has 2 N–H and O–H groups in total. The Morgan fingerprint density at radius 2 is 1.48 bits per heavy atom. The van der Waals surface area contributed by atoms with Gasteiger partial charge in [0.2, 0.25) is 5.91 Å². The SMILES string of the molecule is C[NH+]1CCN(C(=S)NC(=O)C(c2ccccc2)c2ccccc2)CC1. The molecule has 1 saturated heterocycles. The summed E-state index contributed by atoms with van der Waals surface area (Å²) in [6, 6.07) is 19.7. The van der Waals surface area contributed by atoms with Crippen molar-refractivity contribution in [1.82, 2.24) is 10.2 Å². The Balaban J connectivity index is 1.77. The normalized spacial score (nSPS) is 15.2. The predicted molar refractivity (Wildman–Crippen MR) is 104 cm³/mol. The highest BCUT2D eigenvalue weighted by Gasteiger charge is 2.26. The average Bonchev–Trinajstić information content (AvgIpc) is 2.64. The maximum Gasteiger partial charge on any atom is 0.238 e. The molecule has 25 heavy (non-hydrogen) atoms. The van der Waals surface area contributed by atoms with Crippen LogP contribution in [0.4, 0.5) is 0 Å². The minimum Gasteiger partial charge on any atom is -0.338 e. The number of hydrogen-bond donors (Lipinski definition) is 2. The van der Waals surface area contributed by atoms with Crippen LogP contribution in [0, 0.1) is 0 Å². The molecule has 0 saturated carbocycles. The molecule has 0 spiro atoms. The number of quaternary nitrogens is 1. The molecule has 5 heteroatoms. The van der Waals surface area contributed by atoms with Crippen LogP contribution in [0.25, 0.3) is 0 Å².